The summed E-state index contributed by atoms with van der Waals surface area (Å²) in [4.78, 5) is 28.5. The number of aromatic nitrogens is 3. The molecule has 2 heterocycles. The SMILES string of the molecule is CCN(Cc1ccccc1)C(=O)Cn1ncc2c3ccccc3n(Cc3ccccc3)c2c1=O. The number of amides is 1. The molecule has 0 bridgehead atoms. The van der Waals surface area contributed by atoms with E-state index in [2.05, 4.69) is 5.10 Å². The van der Waals surface area contributed by atoms with Crippen LogP contribution in [0.15, 0.2) is 95.9 Å². The Labute approximate surface area is 197 Å². The summed E-state index contributed by atoms with van der Waals surface area (Å²) >= 11 is 0. The van der Waals surface area contributed by atoms with Crippen LogP contribution in [0.5, 0.6) is 0 Å². The van der Waals surface area contributed by atoms with Crippen molar-refractivity contribution in [1.82, 2.24) is 19.2 Å². The van der Waals surface area contributed by atoms with Gasteiger partial charge in [0.05, 0.1) is 6.20 Å². The first-order valence-electron chi connectivity index (χ1n) is 11.5. The summed E-state index contributed by atoms with van der Waals surface area (Å²) in [5.74, 6) is -0.133. The van der Waals surface area contributed by atoms with Crippen molar-refractivity contribution in [3.8, 4) is 0 Å². The van der Waals surface area contributed by atoms with Crippen LogP contribution in [-0.2, 0) is 24.4 Å². The van der Waals surface area contributed by atoms with Gasteiger partial charge in [0.25, 0.3) is 5.56 Å². The summed E-state index contributed by atoms with van der Waals surface area (Å²) in [7, 11) is 0. The first-order chi connectivity index (χ1) is 16.7. The van der Waals surface area contributed by atoms with Gasteiger partial charge in [0.2, 0.25) is 5.91 Å². The van der Waals surface area contributed by atoms with Crippen LogP contribution < -0.4 is 5.56 Å². The zero-order valence-corrected chi connectivity index (χ0v) is 19.1. The average molecular weight is 451 g/mol. The zero-order valence-electron chi connectivity index (χ0n) is 19.1. The molecule has 0 spiro atoms. The molecular weight excluding hydrogens is 424 g/mol. The Morgan fingerprint density at radius 2 is 1.50 bits per heavy atom. The summed E-state index contributed by atoms with van der Waals surface area (Å²) in [5, 5.41) is 6.17. The lowest BCUT2D eigenvalue weighted by molar-refractivity contribution is -0.132. The monoisotopic (exact) mass is 450 g/mol. The Balaban J connectivity index is 1.53. The Bertz CT molecular complexity index is 1500. The van der Waals surface area contributed by atoms with Crippen molar-refractivity contribution < 1.29 is 4.79 Å². The van der Waals surface area contributed by atoms with E-state index in [1.54, 1.807) is 11.1 Å². The highest BCUT2D eigenvalue weighted by Crippen LogP contribution is 2.27. The van der Waals surface area contributed by atoms with Crippen LogP contribution in [0.4, 0.5) is 0 Å². The van der Waals surface area contributed by atoms with Gasteiger partial charge in [0.1, 0.15) is 12.1 Å². The van der Waals surface area contributed by atoms with Gasteiger partial charge >= 0.3 is 0 Å². The summed E-state index contributed by atoms with van der Waals surface area (Å²) in [6, 6.07) is 27.9. The minimum absolute atomic E-state index is 0.0949. The lowest BCUT2D eigenvalue weighted by Crippen LogP contribution is -2.37. The normalized spacial score (nSPS) is 11.2. The smallest absolute Gasteiger partial charge is 0.291 e. The molecule has 0 aliphatic rings. The van der Waals surface area contributed by atoms with Crippen molar-refractivity contribution in [2.75, 3.05) is 6.54 Å². The Hall–Kier alpha value is -4.19. The summed E-state index contributed by atoms with van der Waals surface area (Å²) in [5.41, 5.74) is 3.44. The number of para-hydroxylation sites is 1. The Kier molecular flexibility index (Phi) is 5.95. The second kappa shape index (κ2) is 9.35. The molecule has 0 saturated carbocycles. The van der Waals surface area contributed by atoms with Crippen LogP contribution in [0.2, 0.25) is 0 Å². The van der Waals surface area contributed by atoms with E-state index in [1.165, 1.54) is 4.68 Å². The van der Waals surface area contributed by atoms with E-state index in [1.807, 2.05) is 96.4 Å². The molecule has 5 rings (SSSR count). The number of rotatable bonds is 7. The van der Waals surface area contributed by atoms with E-state index in [9.17, 15) is 9.59 Å². The predicted molar refractivity (Wildman–Crippen MR) is 135 cm³/mol. The van der Waals surface area contributed by atoms with Crippen LogP contribution in [0.3, 0.4) is 0 Å². The van der Waals surface area contributed by atoms with Gasteiger partial charge in [0, 0.05) is 35.9 Å². The third kappa shape index (κ3) is 4.10. The maximum absolute atomic E-state index is 13.6. The van der Waals surface area contributed by atoms with E-state index >= 15 is 0 Å². The van der Waals surface area contributed by atoms with Crippen LogP contribution >= 0.6 is 0 Å². The standard InChI is InChI=1S/C28H26N4O2/c1-2-30(18-21-11-5-3-6-12-21)26(33)20-32-28(34)27-24(17-29-32)23-15-9-10-16-25(23)31(27)19-22-13-7-4-8-14-22/h3-17H,2,18-20H2,1H3. The number of hydrogen-bond acceptors (Lipinski definition) is 3. The van der Waals surface area contributed by atoms with E-state index in [0.717, 1.165) is 27.4 Å². The highest BCUT2D eigenvalue weighted by atomic mass is 16.2. The van der Waals surface area contributed by atoms with Crippen molar-refractivity contribution in [1.29, 1.82) is 0 Å². The van der Waals surface area contributed by atoms with E-state index in [-0.39, 0.29) is 18.0 Å². The number of benzene rings is 3. The van der Waals surface area contributed by atoms with Gasteiger partial charge < -0.3 is 9.47 Å². The number of hydrogen-bond donors (Lipinski definition) is 0. The van der Waals surface area contributed by atoms with Gasteiger partial charge in [-0.05, 0) is 24.1 Å². The topological polar surface area (TPSA) is 60.1 Å². The molecule has 34 heavy (non-hydrogen) atoms. The van der Waals surface area contributed by atoms with E-state index < -0.39 is 0 Å². The Morgan fingerprint density at radius 1 is 0.853 bits per heavy atom. The molecule has 170 valence electrons. The minimum Gasteiger partial charge on any atom is -0.337 e. The fraction of sp³-hybridized carbons (Fsp3) is 0.179. The lowest BCUT2D eigenvalue weighted by atomic mass is 10.2. The van der Waals surface area contributed by atoms with Crippen LogP contribution in [0.1, 0.15) is 18.1 Å². The van der Waals surface area contributed by atoms with Crippen molar-refractivity contribution in [3.05, 3.63) is 113 Å². The molecule has 0 aliphatic heterocycles. The molecule has 6 heteroatoms. The fourth-order valence-corrected chi connectivity index (χ4v) is 4.44. The van der Waals surface area contributed by atoms with Gasteiger partial charge in [-0.1, -0.05) is 78.9 Å². The first-order valence-corrected chi connectivity index (χ1v) is 11.5. The number of carbonyl (C=O) groups excluding carboxylic acids is 1. The molecule has 5 aromatic rings. The van der Waals surface area contributed by atoms with Crippen molar-refractivity contribution in [2.24, 2.45) is 0 Å². The zero-order chi connectivity index (χ0) is 23.5. The molecule has 0 N–H and O–H groups in total. The van der Waals surface area contributed by atoms with Gasteiger partial charge in [-0.2, -0.15) is 5.10 Å². The van der Waals surface area contributed by atoms with Crippen LogP contribution in [0.25, 0.3) is 21.8 Å². The number of fused-ring (bicyclic) bond motifs is 3. The summed E-state index contributed by atoms with van der Waals surface area (Å²) < 4.78 is 3.32. The predicted octanol–water partition coefficient (Wildman–Crippen LogP) is 4.45. The first kappa shape index (κ1) is 21.6. The molecule has 0 fully saturated rings. The molecular formula is C28H26N4O2. The van der Waals surface area contributed by atoms with E-state index in [4.69, 9.17) is 0 Å². The molecule has 6 nitrogen and oxygen atoms in total. The third-order valence-corrected chi connectivity index (χ3v) is 6.19. The summed E-state index contributed by atoms with van der Waals surface area (Å²) in [6.45, 7) is 3.47. The maximum Gasteiger partial charge on any atom is 0.291 e. The third-order valence-electron chi connectivity index (χ3n) is 6.19. The van der Waals surface area contributed by atoms with Crippen molar-refractivity contribution in [3.63, 3.8) is 0 Å². The molecule has 0 saturated heterocycles. The van der Waals surface area contributed by atoms with Gasteiger partial charge in [-0.15, -0.1) is 0 Å². The van der Waals surface area contributed by atoms with Crippen molar-refractivity contribution in [2.45, 2.75) is 26.6 Å². The van der Waals surface area contributed by atoms with Crippen LogP contribution in [-0.4, -0.2) is 31.7 Å². The number of likely N-dealkylation sites (N-methyl/N-ethyl adjacent to an activating group) is 1. The quantitative estimate of drug-likeness (QED) is 0.368. The van der Waals surface area contributed by atoms with Gasteiger partial charge in [-0.25, -0.2) is 4.68 Å². The Morgan fingerprint density at radius 3 is 2.21 bits per heavy atom. The molecule has 0 unspecified atom stereocenters. The van der Waals surface area contributed by atoms with Gasteiger partial charge in [0.15, 0.2) is 0 Å². The van der Waals surface area contributed by atoms with Crippen LogP contribution in [0, 0.1) is 0 Å². The molecule has 1 amide bonds. The van der Waals surface area contributed by atoms with Gasteiger partial charge in [-0.3, -0.25) is 9.59 Å². The molecule has 0 radical (unpaired) electrons. The highest BCUT2D eigenvalue weighted by molar-refractivity contribution is 6.07. The highest BCUT2D eigenvalue weighted by Gasteiger charge is 2.19. The van der Waals surface area contributed by atoms with Crippen molar-refractivity contribution >= 4 is 27.7 Å². The average Bonchev–Trinajstić information content (AvgIpc) is 3.19. The van der Waals surface area contributed by atoms with E-state index in [0.29, 0.717) is 25.2 Å². The fourth-order valence-electron chi connectivity index (χ4n) is 4.44. The largest absolute Gasteiger partial charge is 0.337 e. The molecule has 3 aromatic carbocycles. The second-order valence-corrected chi connectivity index (χ2v) is 8.35. The molecule has 0 aliphatic carbocycles. The maximum atomic E-state index is 13.6. The number of carbonyl (C=O) groups is 1. The molecule has 2 aromatic heterocycles. The number of nitrogens with zero attached hydrogens (tertiary/aromatic N) is 4. The minimum atomic E-state index is -0.256. The molecule has 0 atom stereocenters. The lowest BCUT2D eigenvalue weighted by Gasteiger charge is -2.21. The summed E-state index contributed by atoms with van der Waals surface area (Å²) in [6.07, 6.45) is 1.71. The second-order valence-electron chi connectivity index (χ2n) is 8.35.